The molecule has 0 spiro atoms. The molecule has 56 nitrogen and oxygen atoms in total. The van der Waals surface area contributed by atoms with Crippen LogP contribution in [0.3, 0.4) is 0 Å². The van der Waals surface area contributed by atoms with Gasteiger partial charge in [0.2, 0.25) is 29.5 Å². The highest BCUT2D eigenvalue weighted by Gasteiger charge is 2.53. The summed E-state index contributed by atoms with van der Waals surface area (Å²) in [5, 5.41) is 114. The lowest BCUT2D eigenvalue weighted by atomic mass is 9.97. The van der Waals surface area contributed by atoms with Gasteiger partial charge in [-0.15, -0.1) is 0 Å². The second-order valence-electron chi connectivity index (χ2n) is 33.8. The molecule has 61 heteroatoms. The van der Waals surface area contributed by atoms with E-state index in [4.69, 9.17) is 116 Å². The van der Waals surface area contributed by atoms with E-state index in [1.54, 1.807) is 6.92 Å². The maximum absolute atomic E-state index is 14.0. The molecule has 808 valence electrons. The number of phosphoric ester groups is 5. The molecule has 8 saturated heterocycles. The lowest BCUT2D eigenvalue weighted by Gasteiger charge is -2.42. The number of phosphoric acid groups is 5. The second kappa shape index (κ2) is 60.9. The normalized spacial score (nSPS) is 33.7. The van der Waals surface area contributed by atoms with Crippen molar-refractivity contribution >= 4 is 74.4 Å². The standard InChI is InChI=1S/C78H140N5O51P5/c1-5-110-29-30-119-135(100,101)133-52-32-65(115-26-18-12-9-15-23-80-63(93)44-118-78-69(83-47(4)90)75(99)72(96)57(37-87)129-78)125-60(52)41-122-136(102,103)131-50-21-28-112-59(50)40-121-139(108,109)134-53-33-66(114-24-16-10-6-7-13-19-48(91)38-116-76-67(81-45(2)88)73(97)70(94)55(35-85)127-76)126-61(53)42-123-137(104,105)130-49-20-27-111-58(49)39-120-138(106,107)132-51-31-64(124-54(51)34-84)113-25-17-11-8-14-22-79-62(92)43-117-77-68(82-46(3)89)74(98)71(95)56(36-86)128-77/h49-61,64-78,84-87,94-99H,5-44H2,1-4H3,(H,79,92)(H,80,93)(H,81,88)(H,82,89)(H,83,90)(H,100,101)(H,102,103)(H,104,105)(H,106,107)(H,108,109)/t49?,50?,51?,52?,53?,54-,55-,56-,57-,58-,59-,60-,61-,64-,65-,66-,67-,68-,69-,70+,71+,72+,73-,74-,75-,76-,77-,78-/m1/s1. The molecule has 5 amide bonds. The predicted octanol–water partition coefficient (Wildman–Crippen LogP) is -3.36. The molecule has 0 aromatic rings. The Balaban J connectivity index is 0.785. The maximum atomic E-state index is 14.0. The molecule has 0 aromatic carbocycles. The van der Waals surface area contributed by atoms with Gasteiger partial charge < -0.3 is 173 Å². The van der Waals surface area contributed by atoms with Crippen LogP contribution >= 0.6 is 39.1 Å². The first-order valence-electron chi connectivity index (χ1n) is 46.1. The number of aliphatic hydroxyl groups is 10. The van der Waals surface area contributed by atoms with Crippen LogP contribution in [0.1, 0.15) is 150 Å². The Morgan fingerprint density at radius 3 is 1.00 bits per heavy atom. The molecule has 8 aliphatic heterocycles. The third kappa shape index (κ3) is 42.3. The quantitative estimate of drug-likeness (QED) is 0.0209. The van der Waals surface area contributed by atoms with Gasteiger partial charge in [-0.3, -0.25) is 74.0 Å². The highest BCUT2D eigenvalue weighted by atomic mass is 31.2. The summed E-state index contributed by atoms with van der Waals surface area (Å²) < 4.78 is 207. The van der Waals surface area contributed by atoms with Gasteiger partial charge in [-0.1, -0.05) is 44.9 Å². The molecule has 33 atom stereocenters. The minimum atomic E-state index is -5.31. The van der Waals surface area contributed by atoms with E-state index in [1.165, 1.54) is 20.8 Å². The van der Waals surface area contributed by atoms with E-state index in [0.717, 1.165) is 0 Å². The van der Waals surface area contributed by atoms with Crippen LogP contribution in [0.25, 0.3) is 0 Å². The number of nitrogens with one attached hydrogen (secondary N) is 5. The zero-order valence-electron chi connectivity index (χ0n) is 77.6. The topological polar surface area (TPSA) is 782 Å². The molecular weight excluding hydrogens is 1980 g/mol. The van der Waals surface area contributed by atoms with Gasteiger partial charge in [0, 0.05) is 112 Å². The molecule has 0 aliphatic carbocycles. The van der Waals surface area contributed by atoms with E-state index >= 15 is 0 Å². The van der Waals surface area contributed by atoms with Crippen molar-refractivity contribution in [1.82, 2.24) is 26.6 Å². The summed E-state index contributed by atoms with van der Waals surface area (Å²) in [5.41, 5.74) is 0. The molecule has 0 radical (unpaired) electrons. The van der Waals surface area contributed by atoms with Crippen molar-refractivity contribution < 1.29 is 243 Å². The molecule has 8 heterocycles. The van der Waals surface area contributed by atoms with Crippen molar-refractivity contribution in [2.75, 3.05) is 139 Å². The third-order valence-corrected chi connectivity index (χ3v) is 27.9. The largest absolute Gasteiger partial charge is 0.472 e. The molecule has 0 bridgehead atoms. The van der Waals surface area contributed by atoms with Crippen molar-refractivity contribution in [2.45, 2.75) is 322 Å². The Morgan fingerprint density at radius 1 is 0.338 bits per heavy atom. The van der Waals surface area contributed by atoms with Crippen molar-refractivity contribution in [3.8, 4) is 0 Å². The van der Waals surface area contributed by atoms with E-state index in [1.807, 2.05) is 0 Å². The predicted molar refractivity (Wildman–Crippen MR) is 463 cm³/mol. The SMILES string of the molecule is CCOCCOP(=O)(O)OC1C[C@H](OCCCCCCNC(=O)CO[C@@H]2O[C@H](CO)[C@H](O)[C@H](O)[C@H]2NC(C)=O)O[C@@H]1COP(=O)(O)OC1CCO[C@@H]1COP(=O)(O)OC1C[C@H](OCCCCCCCC(=O)CO[C@@H]2O[C@H](CO)[C@H](O)[C@H](O)[C@H]2NC(C)=O)O[C@@H]1COP(=O)(O)OC1CCO[C@@H]1COP(=O)(O)OC1C[C@H](OCCCCCCNC(=O)CO[C@@H]2O[C@H](CO)[C@H](O)[C@H](O)[C@H]2NC(C)=O)O[C@@H]1CO. The van der Waals surface area contributed by atoms with Crippen molar-refractivity contribution in [2.24, 2.45) is 0 Å². The molecule has 8 rings (SSSR count). The third-order valence-electron chi connectivity index (χ3n) is 22.8. The number of Topliss-reactive ketones (excluding diaryl/α,β-unsaturated/α-hetero) is 1. The number of aliphatic hydroxyl groups excluding tert-OH is 10. The summed E-state index contributed by atoms with van der Waals surface area (Å²) >= 11 is 0. The first-order valence-corrected chi connectivity index (χ1v) is 53.6. The number of ether oxygens (including phenoxy) is 15. The number of amides is 5. The first-order chi connectivity index (χ1) is 66.0. The zero-order chi connectivity index (χ0) is 102. The van der Waals surface area contributed by atoms with Gasteiger partial charge in [0.15, 0.2) is 43.5 Å². The van der Waals surface area contributed by atoms with Gasteiger partial charge in [-0.25, -0.2) is 22.8 Å². The molecule has 8 fully saturated rings. The van der Waals surface area contributed by atoms with E-state index in [9.17, 15) is 127 Å². The Bertz CT molecular complexity index is 3930. The minimum absolute atomic E-state index is 0.0143. The van der Waals surface area contributed by atoms with Gasteiger partial charge in [-0.2, -0.15) is 0 Å². The van der Waals surface area contributed by atoms with E-state index in [-0.39, 0.29) is 110 Å². The van der Waals surface area contributed by atoms with E-state index in [0.29, 0.717) is 83.5 Å². The molecule has 0 saturated carbocycles. The van der Waals surface area contributed by atoms with E-state index in [2.05, 4.69) is 26.6 Å². The Morgan fingerprint density at radius 2 is 0.647 bits per heavy atom. The van der Waals surface area contributed by atoms with E-state index < -0.39 is 313 Å². The lowest BCUT2D eigenvalue weighted by molar-refractivity contribution is -0.268. The number of carbonyl (C=O) groups excluding carboxylic acids is 6. The lowest BCUT2D eigenvalue weighted by Crippen LogP contribution is -2.64. The Labute approximate surface area is 801 Å². The van der Waals surface area contributed by atoms with Crippen LogP contribution in [0.5, 0.6) is 0 Å². The number of hydrogen-bond donors (Lipinski definition) is 20. The zero-order valence-corrected chi connectivity index (χ0v) is 82.1. The number of carbonyl (C=O) groups is 6. The van der Waals surface area contributed by atoms with Gasteiger partial charge >= 0.3 is 39.1 Å². The molecular formula is C78H140N5O51P5. The average molecular weight is 2120 g/mol. The summed E-state index contributed by atoms with van der Waals surface area (Å²) in [6.07, 6.45) is -27.9. The Kier molecular flexibility index (Phi) is 52.9. The first kappa shape index (κ1) is 121. The molecule has 0 aromatic heterocycles. The second-order valence-corrected chi connectivity index (χ2v) is 40.8. The highest BCUT2D eigenvalue weighted by Crippen LogP contribution is 2.54. The number of unbranched alkanes of at least 4 members (excludes halogenated alkanes) is 10. The van der Waals surface area contributed by atoms with Crippen LogP contribution in [-0.4, -0.2) is 421 Å². The summed E-state index contributed by atoms with van der Waals surface area (Å²) in [4.78, 5) is 128. The van der Waals surface area contributed by atoms with Crippen molar-refractivity contribution in [3.63, 3.8) is 0 Å². The molecule has 20 N–H and O–H groups in total. The van der Waals surface area contributed by atoms with Crippen LogP contribution in [0, 0.1) is 0 Å². The smallest absolute Gasteiger partial charge is 0.394 e. The number of hydrogen-bond acceptors (Lipinski definition) is 46. The summed E-state index contributed by atoms with van der Waals surface area (Å²) in [5.74, 6) is -3.18. The summed E-state index contributed by atoms with van der Waals surface area (Å²) in [7, 11) is -25.6. The molecule has 8 aliphatic rings. The minimum Gasteiger partial charge on any atom is -0.394 e. The monoisotopic (exact) mass is 2120 g/mol. The van der Waals surface area contributed by atoms with Gasteiger partial charge in [0.1, 0.15) is 154 Å². The van der Waals surface area contributed by atoms with Gasteiger partial charge in [0.05, 0.1) is 66.1 Å². The summed E-state index contributed by atoms with van der Waals surface area (Å²) in [6.45, 7) is -2.11. The molecule has 139 heavy (non-hydrogen) atoms. The van der Waals surface area contributed by atoms with Gasteiger partial charge in [0.25, 0.3) is 0 Å². The van der Waals surface area contributed by atoms with Gasteiger partial charge in [-0.05, 0) is 45.4 Å². The van der Waals surface area contributed by atoms with Crippen molar-refractivity contribution in [1.29, 1.82) is 0 Å². The average Bonchev–Trinajstić information content (AvgIpc) is 1.77. The van der Waals surface area contributed by atoms with Crippen molar-refractivity contribution in [3.05, 3.63) is 0 Å². The number of rotatable bonds is 68. The maximum Gasteiger partial charge on any atom is 0.472 e. The van der Waals surface area contributed by atoms with Crippen LogP contribution < -0.4 is 26.6 Å². The van der Waals surface area contributed by atoms with Crippen LogP contribution in [0.15, 0.2) is 0 Å². The molecule has 10 unspecified atom stereocenters. The summed E-state index contributed by atoms with van der Waals surface area (Å²) in [6, 6.07) is -3.72. The highest BCUT2D eigenvalue weighted by molar-refractivity contribution is 7.48. The fourth-order valence-corrected chi connectivity index (χ4v) is 20.5. The van der Waals surface area contributed by atoms with Crippen LogP contribution in [0.4, 0.5) is 0 Å². The fourth-order valence-electron chi connectivity index (χ4n) is 15.7. The van der Waals surface area contributed by atoms with Crippen LogP contribution in [0.2, 0.25) is 0 Å². The number of ketones is 1. The van der Waals surface area contributed by atoms with Crippen LogP contribution in [-0.2, 0) is 168 Å². The fraction of sp³-hybridized carbons (Fsp3) is 0.923. The Hall–Kier alpha value is -3.43.